The zero-order valence-corrected chi connectivity index (χ0v) is 20.1. The number of nitrogens with two attached hydrogens (primary N) is 1. The summed E-state index contributed by atoms with van der Waals surface area (Å²) >= 11 is 0. The molecule has 0 radical (unpaired) electrons. The van der Waals surface area contributed by atoms with Crippen LogP contribution in [0.4, 0.5) is 27.5 Å². The van der Waals surface area contributed by atoms with E-state index >= 15 is 4.39 Å². The summed E-state index contributed by atoms with van der Waals surface area (Å²) < 4.78 is 15.2. The number of alkyl halides is 1. The van der Waals surface area contributed by atoms with Gasteiger partial charge in [-0.25, -0.2) is 19.3 Å². The van der Waals surface area contributed by atoms with Gasteiger partial charge in [0.05, 0.1) is 29.4 Å². The van der Waals surface area contributed by atoms with Gasteiger partial charge in [0.25, 0.3) is 5.91 Å². The van der Waals surface area contributed by atoms with E-state index in [-0.39, 0.29) is 12.1 Å². The zero-order valence-electron chi connectivity index (χ0n) is 20.1. The Morgan fingerprint density at radius 2 is 2.00 bits per heavy atom. The van der Waals surface area contributed by atoms with Gasteiger partial charge >= 0.3 is 0 Å². The lowest BCUT2D eigenvalue weighted by Gasteiger charge is -2.36. The Morgan fingerprint density at radius 1 is 1.19 bits per heavy atom. The fourth-order valence-corrected chi connectivity index (χ4v) is 4.04. The summed E-state index contributed by atoms with van der Waals surface area (Å²) in [5.74, 6) is 1.00. The molecule has 3 aromatic heterocycles. The Bertz CT molecular complexity index is 1240. The molecule has 4 N–H and O–H groups in total. The maximum absolute atomic E-state index is 15.2. The van der Waals surface area contributed by atoms with Gasteiger partial charge < -0.3 is 26.2 Å². The number of rotatable bonds is 8. The zero-order chi connectivity index (χ0) is 25.7. The van der Waals surface area contributed by atoms with Crippen LogP contribution in [0.1, 0.15) is 27.9 Å². The molecule has 0 bridgehead atoms. The summed E-state index contributed by atoms with van der Waals surface area (Å²) in [6, 6.07) is 10.3. The molecule has 2 atom stereocenters. The number of pyridine rings is 3. The first kappa shape index (κ1) is 24.8. The van der Waals surface area contributed by atoms with E-state index in [2.05, 4.69) is 30.5 Å². The quantitative estimate of drug-likeness (QED) is 0.436. The summed E-state index contributed by atoms with van der Waals surface area (Å²) in [4.78, 5) is 28.8. The molecule has 4 heterocycles. The van der Waals surface area contributed by atoms with Gasteiger partial charge in [0.15, 0.2) is 0 Å². The summed E-state index contributed by atoms with van der Waals surface area (Å²) in [5.41, 5.74) is 7.65. The highest BCUT2D eigenvalue weighted by Crippen LogP contribution is 2.26. The Hall–Kier alpha value is -4.30. The molecular formula is C25H28FN9O. The molecule has 0 aliphatic carbocycles. The largest absolute Gasteiger partial charge is 0.378 e. The van der Waals surface area contributed by atoms with Gasteiger partial charge in [0, 0.05) is 37.7 Å². The van der Waals surface area contributed by atoms with E-state index in [1.807, 2.05) is 37.2 Å². The van der Waals surface area contributed by atoms with E-state index in [0.717, 1.165) is 12.1 Å². The number of carbonyl (C=O) groups excluding carboxylic acids is 1. The van der Waals surface area contributed by atoms with Crippen LogP contribution in [0.3, 0.4) is 0 Å². The van der Waals surface area contributed by atoms with Crippen LogP contribution in [0, 0.1) is 11.3 Å². The Kier molecular flexibility index (Phi) is 7.56. The number of aromatic nitrogens is 3. The second-order valence-corrected chi connectivity index (χ2v) is 8.91. The standard InChI is InChI=1S/C25H28FN9O/c1-34(2)14-17-3-5-22(29-12-17)33-23-9-21(18(13-30-23)25(28)36)32-20-7-8-35(15-19(20)26)24-6-4-16(10-27)11-31-24/h3-6,9,11-13,19-20H,7-8,14-15H2,1-2H3,(H2,28,36)(H2,29,30,32,33)/t19-,20+/m0/s1. The maximum Gasteiger partial charge on any atom is 0.252 e. The van der Waals surface area contributed by atoms with E-state index in [0.29, 0.717) is 41.7 Å². The monoisotopic (exact) mass is 489 g/mol. The fraction of sp³-hybridized carbons (Fsp3) is 0.320. The third-order valence-corrected chi connectivity index (χ3v) is 5.83. The minimum absolute atomic E-state index is 0.127. The predicted octanol–water partition coefficient (Wildman–Crippen LogP) is 2.68. The van der Waals surface area contributed by atoms with Gasteiger partial charge in [-0.3, -0.25) is 4.79 Å². The molecule has 186 valence electrons. The van der Waals surface area contributed by atoms with Crippen molar-refractivity contribution in [2.75, 3.05) is 42.7 Å². The lowest BCUT2D eigenvalue weighted by atomic mass is 10.0. The molecule has 1 aliphatic heterocycles. The van der Waals surface area contributed by atoms with Crippen LogP contribution in [0.2, 0.25) is 0 Å². The normalized spacial score (nSPS) is 17.5. The molecule has 1 saturated heterocycles. The van der Waals surface area contributed by atoms with Crippen LogP contribution in [0.5, 0.6) is 0 Å². The van der Waals surface area contributed by atoms with Crippen LogP contribution in [0.15, 0.2) is 48.9 Å². The first-order valence-electron chi connectivity index (χ1n) is 11.5. The topological polar surface area (TPSA) is 136 Å². The van der Waals surface area contributed by atoms with E-state index < -0.39 is 18.1 Å². The third kappa shape index (κ3) is 6.03. The molecule has 1 aliphatic rings. The molecule has 1 fully saturated rings. The highest BCUT2D eigenvalue weighted by atomic mass is 19.1. The number of primary amides is 1. The van der Waals surface area contributed by atoms with Crippen molar-refractivity contribution in [3.63, 3.8) is 0 Å². The van der Waals surface area contributed by atoms with Crippen LogP contribution < -0.4 is 21.3 Å². The van der Waals surface area contributed by atoms with Gasteiger partial charge in [0.1, 0.15) is 29.7 Å². The summed E-state index contributed by atoms with van der Waals surface area (Å²) in [7, 11) is 3.97. The van der Waals surface area contributed by atoms with Crippen molar-refractivity contribution in [2.24, 2.45) is 5.73 Å². The highest BCUT2D eigenvalue weighted by molar-refractivity contribution is 5.98. The van der Waals surface area contributed by atoms with E-state index in [4.69, 9.17) is 11.0 Å². The molecular weight excluding hydrogens is 461 g/mol. The van der Waals surface area contributed by atoms with Gasteiger partial charge in [-0.05, 0) is 44.3 Å². The van der Waals surface area contributed by atoms with Crippen molar-refractivity contribution in [1.29, 1.82) is 5.26 Å². The summed E-state index contributed by atoms with van der Waals surface area (Å²) in [6.07, 6.45) is 3.87. The number of nitriles is 1. The Morgan fingerprint density at radius 3 is 2.61 bits per heavy atom. The molecule has 0 spiro atoms. The van der Waals surface area contributed by atoms with Crippen molar-refractivity contribution < 1.29 is 9.18 Å². The van der Waals surface area contributed by atoms with E-state index in [9.17, 15) is 4.79 Å². The number of nitrogens with one attached hydrogen (secondary N) is 2. The average molecular weight is 490 g/mol. The van der Waals surface area contributed by atoms with Crippen LogP contribution in [-0.4, -0.2) is 65.2 Å². The minimum atomic E-state index is -1.23. The number of halogens is 1. The predicted molar refractivity (Wildman–Crippen MR) is 136 cm³/mol. The SMILES string of the molecule is CN(C)Cc1ccc(Nc2cc(N[C@@H]3CCN(c4ccc(C#N)cn4)C[C@@H]3F)c(C(N)=O)cn2)nc1. The highest BCUT2D eigenvalue weighted by Gasteiger charge is 2.30. The van der Waals surface area contributed by atoms with Crippen molar-refractivity contribution >= 4 is 29.0 Å². The average Bonchev–Trinajstić information content (AvgIpc) is 2.86. The van der Waals surface area contributed by atoms with Crippen molar-refractivity contribution in [3.05, 3.63) is 65.6 Å². The number of carbonyl (C=O) groups is 1. The maximum atomic E-state index is 15.2. The summed E-state index contributed by atoms with van der Waals surface area (Å²) in [5, 5.41) is 15.2. The molecule has 3 aromatic rings. The summed E-state index contributed by atoms with van der Waals surface area (Å²) in [6.45, 7) is 1.46. The fourth-order valence-electron chi connectivity index (χ4n) is 4.04. The number of hydrogen-bond donors (Lipinski definition) is 3. The second kappa shape index (κ2) is 11.0. The number of amides is 1. The third-order valence-electron chi connectivity index (χ3n) is 5.83. The van der Waals surface area contributed by atoms with E-state index in [1.54, 1.807) is 24.4 Å². The lowest BCUT2D eigenvalue weighted by molar-refractivity contribution is 0.100. The van der Waals surface area contributed by atoms with Gasteiger partial charge in [-0.2, -0.15) is 5.26 Å². The molecule has 10 nitrogen and oxygen atoms in total. The number of anilines is 4. The first-order chi connectivity index (χ1) is 17.3. The van der Waals surface area contributed by atoms with Crippen molar-refractivity contribution in [1.82, 2.24) is 19.9 Å². The molecule has 11 heteroatoms. The number of hydrogen-bond acceptors (Lipinski definition) is 9. The number of nitrogens with zero attached hydrogens (tertiary/aromatic N) is 6. The minimum Gasteiger partial charge on any atom is -0.378 e. The Balaban J connectivity index is 1.45. The van der Waals surface area contributed by atoms with Crippen molar-refractivity contribution in [2.45, 2.75) is 25.2 Å². The van der Waals surface area contributed by atoms with Gasteiger partial charge in [-0.15, -0.1) is 0 Å². The smallest absolute Gasteiger partial charge is 0.252 e. The Labute approximate surface area is 209 Å². The van der Waals surface area contributed by atoms with Gasteiger partial charge in [-0.1, -0.05) is 6.07 Å². The van der Waals surface area contributed by atoms with Crippen LogP contribution in [0.25, 0.3) is 0 Å². The van der Waals surface area contributed by atoms with Crippen LogP contribution in [-0.2, 0) is 6.54 Å². The lowest BCUT2D eigenvalue weighted by Crippen LogP contribution is -2.48. The molecule has 36 heavy (non-hydrogen) atoms. The van der Waals surface area contributed by atoms with E-state index in [1.165, 1.54) is 12.4 Å². The molecule has 1 amide bonds. The van der Waals surface area contributed by atoms with Gasteiger partial charge in [0.2, 0.25) is 0 Å². The van der Waals surface area contributed by atoms with Crippen molar-refractivity contribution in [3.8, 4) is 6.07 Å². The first-order valence-corrected chi connectivity index (χ1v) is 11.5. The molecule has 4 rings (SSSR count). The molecule has 0 aromatic carbocycles. The molecule has 0 saturated carbocycles. The second-order valence-electron chi connectivity index (χ2n) is 8.91. The molecule has 0 unspecified atom stereocenters. The van der Waals surface area contributed by atoms with Crippen LogP contribution >= 0.6 is 0 Å². The number of piperidine rings is 1.